The highest BCUT2D eigenvalue weighted by Gasteiger charge is 2.57. The van der Waals surface area contributed by atoms with Gasteiger partial charge in [-0.1, -0.05) is 26.8 Å². The Morgan fingerprint density at radius 1 is 1.06 bits per heavy atom. The Kier molecular flexibility index (Phi) is 5.47. The third kappa shape index (κ3) is 3.36. The van der Waals surface area contributed by atoms with Crippen molar-refractivity contribution < 1.29 is 13.9 Å². The Morgan fingerprint density at radius 2 is 1.80 bits per heavy atom. The zero-order chi connectivity index (χ0) is 25.0. The van der Waals surface area contributed by atoms with Gasteiger partial charge in [-0.05, 0) is 54.5 Å². The molecule has 3 heterocycles. The summed E-state index contributed by atoms with van der Waals surface area (Å²) in [5.41, 5.74) is 1.79. The largest absolute Gasteiger partial charge is 0.390 e. The second-order valence-corrected chi connectivity index (χ2v) is 9.61. The summed E-state index contributed by atoms with van der Waals surface area (Å²) in [4.78, 5) is 9.32. The first kappa shape index (κ1) is 23.2. The fraction of sp³-hybridized carbons (Fsp3) is 0.346. The average Bonchev–Trinajstić information content (AvgIpc) is 3.39. The number of aromatic nitrogens is 6. The molecule has 35 heavy (non-hydrogen) atoms. The van der Waals surface area contributed by atoms with Crippen LogP contribution in [0.5, 0.6) is 0 Å². The quantitative estimate of drug-likeness (QED) is 0.448. The number of hydrogen-bond acceptors (Lipinski definition) is 6. The van der Waals surface area contributed by atoms with Crippen LogP contribution in [0.1, 0.15) is 62.7 Å². The summed E-state index contributed by atoms with van der Waals surface area (Å²) in [7, 11) is 0. The van der Waals surface area contributed by atoms with Crippen molar-refractivity contribution in [2.24, 2.45) is 5.41 Å². The van der Waals surface area contributed by atoms with Gasteiger partial charge >= 0.3 is 0 Å². The van der Waals surface area contributed by atoms with Crippen molar-refractivity contribution in [3.05, 3.63) is 83.2 Å². The van der Waals surface area contributed by atoms with Gasteiger partial charge in [0.1, 0.15) is 11.6 Å². The maximum Gasteiger partial charge on any atom is 0.172 e. The average molecular weight is 477 g/mol. The molecule has 1 unspecified atom stereocenters. The Morgan fingerprint density at radius 3 is 2.46 bits per heavy atom. The van der Waals surface area contributed by atoms with Crippen LogP contribution in [0.3, 0.4) is 0 Å². The van der Waals surface area contributed by atoms with Gasteiger partial charge in [-0.25, -0.2) is 18.4 Å². The molecule has 0 spiro atoms. The summed E-state index contributed by atoms with van der Waals surface area (Å²) in [6, 6.07) is 7.25. The van der Waals surface area contributed by atoms with E-state index in [1.165, 1.54) is 18.2 Å². The first-order valence-corrected chi connectivity index (χ1v) is 11.5. The Bertz CT molecular complexity index is 1400. The first-order valence-electron chi connectivity index (χ1n) is 11.5. The van der Waals surface area contributed by atoms with Crippen LogP contribution in [-0.4, -0.2) is 35.1 Å². The molecule has 3 aromatic heterocycles. The third-order valence-electron chi connectivity index (χ3n) is 7.63. The second-order valence-electron chi connectivity index (χ2n) is 9.61. The number of aliphatic hydroxyl groups is 1. The number of halogens is 2. The molecule has 5 rings (SSSR count). The van der Waals surface area contributed by atoms with Gasteiger partial charge < -0.3 is 5.11 Å². The van der Waals surface area contributed by atoms with E-state index in [1.807, 2.05) is 0 Å². The Labute approximate surface area is 201 Å². The van der Waals surface area contributed by atoms with E-state index in [9.17, 15) is 13.9 Å². The molecule has 0 bridgehead atoms. The van der Waals surface area contributed by atoms with Gasteiger partial charge in [0.15, 0.2) is 5.82 Å². The van der Waals surface area contributed by atoms with Gasteiger partial charge in [0.2, 0.25) is 0 Å². The lowest BCUT2D eigenvalue weighted by atomic mass is 9.62. The first-order chi connectivity index (χ1) is 16.7. The van der Waals surface area contributed by atoms with E-state index in [4.69, 9.17) is 4.98 Å². The summed E-state index contributed by atoms with van der Waals surface area (Å²) in [6.07, 6.45) is 5.85. The number of hydrogen-bond donors (Lipinski definition) is 1. The van der Waals surface area contributed by atoms with E-state index in [1.54, 1.807) is 35.4 Å². The van der Waals surface area contributed by atoms with Crippen LogP contribution in [-0.2, 0) is 12.0 Å². The van der Waals surface area contributed by atoms with Gasteiger partial charge in [0.25, 0.3) is 0 Å². The van der Waals surface area contributed by atoms with E-state index >= 15 is 0 Å². The zero-order valence-electron chi connectivity index (χ0n) is 20.0. The minimum atomic E-state index is -0.682. The smallest absolute Gasteiger partial charge is 0.172 e. The Hall–Kier alpha value is -3.59. The molecule has 0 aliphatic heterocycles. The molecule has 2 atom stereocenters. The van der Waals surface area contributed by atoms with Crippen molar-refractivity contribution in [1.82, 2.24) is 29.9 Å². The molecular weight excluding hydrogens is 450 g/mol. The molecule has 9 heteroatoms. The summed E-state index contributed by atoms with van der Waals surface area (Å²) >= 11 is 0. The number of fused-ring (bicyclic) bond motifs is 1. The molecule has 0 saturated heterocycles. The molecule has 7 nitrogen and oxygen atoms in total. The van der Waals surface area contributed by atoms with Crippen molar-refractivity contribution in [3.8, 4) is 17.1 Å². The number of benzene rings is 1. The number of aliphatic hydroxyl groups excluding tert-OH is 1. The fourth-order valence-corrected chi connectivity index (χ4v) is 5.43. The van der Waals surface area contributed by atoms with Crippen LogP contribution < -0.4 is 0 Å². The summed E-state index contributed by atoms with van der Waals surface area (Å²) in [5, 5.41) is 22.5. The lowest BCUT2D eigenvalue weighted by molar-refractivity contribution is 0.188. The lowest BCUT2D eigenvalue weighted by Gasteiger charge is -2.40. The third-order valence-corrected chi connectivity index (χ3v) is 7.63. The number of nitrogens with zero attached hydrogens (tertiary/aromatic N) is 6. The van der Waals surface area contributed by atoms with Gasteiger partial charge in [0, 0.05) is 12.4 Å². The van der Waals surface area contributed by atoms with Gasteiger partial charge in [-0.3, -0.25) is 4.98 Å². The number of rotatable bonds is 5. The zero-order valence-corrected chi connectivity index (χ0v) is 20.0. The molecule has 1 N–H and O–H groups in total. The molecule has 4 aromatic rings. The monoisotopic (exact) mass is 476 g/mol. The SMILES string of the molecule is CC[C@@H]1c2cc(-c3c(F)cccc3F)nnc2C(C)(c2cncc(-n3ccc(CO)n3)n2)C1(C)C. The predicted octanol–water partition coefficient (Wildman–Crippen LogP) is 4.73. The summed E-state index contributed by atoms with van der Waals surface area (Å²) < 4.78 is 30.6. The van der Waals surface area contributed by atoms with Crippen LogP contribution in [0.2, 0.25) is 0 Å². The lowest BCUT2D eigenvalue weighted by Crippen LogP contribution is -2.40. The van der Waals surface area contributed by atoms with Gasteiger partial charge in [-0.15, -0.1) is 5.10 Å². The standard InChI is InChI=1S/C26H26F2N6O/c1-5-17-16-11-20(23-18(27)7-6-8-19(23)28)31-32-24(16)26(4,25(17,2)3)21-12-29-13-22(30-21)34-10-9-15(14-35)33-34/h6-13,17,35H,5,14H2,1-4H3/t17-,26?/m1/s1. The van der Waals surface area contributed by atoms with Gasteiger partial charge in [-0.2, -0.15) is 10.2 Å². The predicted molar refractivity (Wildman–Crippen MR) is 126 cm³/mol. The van der Waals surface area contributed by atoms with Crippen LogP contribution in [0.25, 0.3) is 17.1 Å². The van der Waals surface area contributed by atoms with E-state index in [-0.39, 0.29) is 29.2 Å². The summed E-state index contributed by atoms with van der Waals surface area (Å²) in [6.45, 7) is 8.29. The topological polar surface area (TPSA) is 89.6 Å². The molecule has 0 radical (unpaired) electrons. The fourth-order valence-electron chi connectivity index (χ4n) is 5.43. The molecule has 0 fully saturated rings. The molecule has 0 saturated carbocycles. The van der Waals surface area contributed by atoms with Crippen molar-refractivity contribution in [1.29, 1.82) is 0 Å². The maximum atomic E-state index is 14.5. The van der Waals surface area contributed by atoms with E-state index < -0.39 is 17.0 Å². The van der Waals surface area contributed by atoms with Crippen LogP contribution in [0, 0.1) is 17.0 Å². The van der Waals surface area contributed by atoms with E-state index in [0.717, 1.165) is 17.7 Å². The minimum absolute atomic E-state index is 0.0442. The van der Waals surface area contributed by atoms with E-state index in [2.05, 4.69) is 48.0 Å². The van der Waals surface area contributed by atoms with Crippen molar-refractivity contribution in [2.75, 3.05) is 0 Å². The molecule has 0 amide bonds. The summed E-state index contributed by atoms with van der Waals surface area (Å²) in [5.74, 6) is -0.791. The molecule has 180 valence electrons. The van der Waals surface area contributed by atoms with Crippen LogP contribution in [0.4, 0.5) is 8.78 Å². The molecule has 1 aliphatic carbocycles. The maximum absolute atomic E-state index is 14.5. The molecular formula is C26H26F2N6O. The highest BCUT2D eigenvalue weighted by molar-refractivity contribution is 5.63. The van der Waals surface area contributed by atoms with Crippen molar-refractivity contribution in [2.45, 2.75) is 52.1 Å². The molecule has 1 aromatic carbocycles. The van der Waals surface area contributed by atoms with Crippen molar-refractivity contribution in [3.63, 3.8) is 0 Å². The highest BCUT2D eigenvalue weighted by atomic mass is 19.1. The van der Waals surface area contributed by atoms with Crippen molar-refractivity contribution >= 4 is 0 Å². The van der Waals surface area contributed by atoms with Crippen LogP contribution in [0.15, 0.2) is 48.9 Å². The minimum Gasteiger partial charge on any atom is -0.390 e. The van der Waals surface area contributed by atoms with Crippen LogP contribution >= 0.6 is 0 Å². The van der Waals surface area contributed by atoms with E-state index in [0.29, 0.717) is 17.2 Å². The Balaban J connectivity index is 1.68. The molecule has 1 aliphatic rings. The van der Waals surface area contributed by atoms with Gasteiger partial charge in [0.05, 0.1) is 46.6 Å². The second kappa shape index (κ2) is 8.27. The normalized spacial score (nSPS) is 20.7. The highest BCUT2D eigenvalue weighted by Crippen LogP contribution is 2.61.